The molecule has 0 aromatic heterocycles. The Balaban J connectivity index is 2.76. The summed E-state index contributed by atoms with van der Waals surface area (Å²) in [5, 5.41) is 0.148. The highest BCUT2D eigenvalue weighted by Crippen LogP contribution is 2.20. The van der Waals surface area contributed by atoms with Gasteiger partial charge in [0.15, 0.2) is 0 Å². The van der Waals surface area contributed by atoms with Gasteiger partial charge in [-0.15, -0.1) is 0 Å². The summed E-state index contributed by atoms with van der Waals surface area (Å²) in [5.41, 5.74) is 1.17. The lowest BCUT2D eigenvalue weighted by Crippen LogP contribution is -1.86. The van der Waals surface area contributed by atoms with Crippen molar-refractivity contribution >= 4 is 39.1 Å². The van der Waals surface area contributed by atoms with E-state index in [1.165, 1.54) is 5.54 Å². The fourth-order valence-corrected chi connectivity index (χ4v) is 1.18. The van der Waals surface area contributed by atoms with E-state index in [9.17, 15) is 0 Å². The van der Waals surface area contributed by atoms with Crippen LogP contribution in [0, 0.1) is 0 Å². The molecule has 0 atom stereocenters. The van der Waals surface area contributed by atoms with E-state index in [0.717, 1.165) is 4.47 Å². The van der Waals surface area contributed by atoms with Crippen molar-refractivity contribution in [2.45, 2.75) is 0 Å². The third kappa shape index (κ3) is 3.05. The van der Waals surface area contributed by atoms with Crippen LogP contribution in [0.15, 0.2) is 39.5 Å². The van der Waals surface area contributed by atoms with Crippen molar-refractivity contribution in [1.29, 1.82) is 0 Å². The Labute approximate surface area is 89.1 Å². The Morgan fingerprint density at radius 2 is 2.25 bits per heavy atom. The third-order valence-electron chi connectivity index (χ3n) is 1.10. The van der Waals surface area contributed by atoms with Gasteiger partial charge in [-0.25, -0.2) is 0 Å². The van der Waals surface area contributed by atoms with Crippen LogP contribution in [0.3, 0.4) is 0 Å². The third-order valence-corrected chi connectivity index (χ3v) is 2.09. The molecule has 4 heteroatoms. The average molecular weight is 268 g/mol. The number of hydrogen-bond donors (Lipinski definition) is 0. The van der Waals surface area contributed by atoms with Crippen molar-refractivity contribution in [3.05, 3.63) is 39.5 Å². The molecule has 0 fully saturated rings. The van der Waals surface area contributed by atoms with Crippen LogP contribution in [0.2, 0.25) is 0 Å². The molecule has 0 N–H and O–H groups in total. The lowest BCUT2D eigenvalue weighted by molar-refractivity contribution is 0.463. The highest BCUT2D eigenvalue weighted by atomic mass is 79.9. The van der Waals surface area contributed by atoms with E-state index in [2.05, 4.69) is 15.9 Å². The van der Waals surface area contributed by atoms with E-state index in [-0.39, 0.29) is 5.22 Å². The monoisotopic (exact) mass is 266 g/mol. The second-order valence-electron chi connectivity index (χ2n) is 1.97. The minimum absolute atomic E-state index is 0.148. The second kappa shape index (κ2) is 4.75. The first kappa shape index (κ1) is 9.90. The molecule has 64 valence electrons. The quantitative estimate of drug-likeness (QED) is 0.733. The molecule has 0 saturated heterocycles. The zero-order valence-electron chi connectivity index (χ0n) is 5.93. The zero-order chi connectivity index (χ0) is 8.97. The zero-order valence-corrected chi connectivity index (χ0v) is 9.03. The van der Waals surface area contributed by atoms with Crippen molar-refractivity contribution < 1.29 is 4.74 Å². The maximum absolute atomic E-state index is 5.54. The fourth-order valence-electron chi connectivity index (χ4n) is 0.665. The smallest absolute Gasteiger partial charge is 0.205 e. The number of rotatable bonds is 2. The van der Waals surface area contributed by atoms with E-state index in [0.29, 0.717) is 5.75 Å². The Morgan fingerprint density at radius 3 is 2.83 bits per heavy atom. The topological polar surface area (TPSA) is 9.23 Å². The average Bonchev–Trinajstić information content (AvgIpc) is 2.04. The van der Waals surface area contributed by atoms with Gasteiger partial charge in [-0.05, 0) is 29.8 Å². The van der Waals surface area contributed by atoms with Gasteiger partial charge in [-0.3, -0.25) is 0 Å². The van der Waals surface area contributed by atoms with Crippen molar-refractivity contribution in [3.63, 3.8) is 0 Å². The highest BCUT2D eigenvalue weighted by Gasteiger charge is 1.96. The number of hydrogen-bond acceptors (Lipinski definition) is 1. The first-order chi connectivity index (χ1) is 5.72. The van der Waals surface area contributed by atoms with Gasteiger partial charge >= 0.3 is 0 Å². The van der Waals surface area contributed by atoms with E-state index >= 15 is 0 Å². The summed E-state index contributed by atoms with van der Waals surface area (Å²) in [6.07, 6.45) is 0. The summed E-state index contributed by atoms with van der Waals surface area (Å²) >= 11 is 14.2. The Hall–Kier alpha value is -0.180. The molecule has 0 amide bonds. The molecule has 1 rings (SSSR count). The number of ether oxygens (including phenoxy) is 1. The predicted molar refractivity (Wildman–Crippen MR) is 54.6 cm³/mol. The molecule has 0 aliphatic heterocycles. The first-order valence-corrected chi connectivity index (χ1v) is 4.72. The minimum atomic E-state index is 0.148. The van der Waals surface area contributed by atoms with Crippen LogP contribution in [-0.4, -0.2) is 0 Å². The van der Waals surface area contributed by atoms with Gasteiger partial charge in [0, 0.05) is 4.47 Å². The van der Waals surface area contributed by atoms with Crippen LogP contribution in [0.25, 0.3) is 0 Å². The Kier molecular flexibility index (Phi) is 3.92. The van der Waals surface area contributed by atoms with E-state index in [1.807, 2.05) is 12.1 Å². The van der Waals surface area contributed by atoms with Crippen LogP contribution in [0.1, 0.15) is 0 Å². The summed E-state index contributed by atoms with van der Waals surface area (Å²) in [5.74, 6) is 0.645. The van der Waals surface area contributed by atoms with Crippen molar-refractivity contribution in [2.75, 3.05) is 0 Å². The summed E-state index contributed by atoms with van der Waals surface area (Å²) < 4.78 is 6.04. The molecule has 1 nitrogen and oxygen atoms in total. The largest absolute Gasteiger partial charge is 0.444 e. The van der Waals surface area contributed by atoms with Crippen LogP contribution >= 0.6 is 39.1 Å². The van der Waals surface area contributed by atoms with Gasteiger partial charge in [0.1, 0.15) is 5.75 Å². The molecule has 1 aromatic carbocycles. The van der Waals surface area contributed by atoms with Crippen molar-refractivity contribution in [1.82, 2.24) is 0 Å². The van der Waals surface area contributed by atoms with E-state index in [1.54, 1.807) is 12.1 Å². The Morgan fingerprint density at radius 1 is 1.50 bits per heavy atom. The first-order valence-electron chi connectivity index (χ1n) is 3.11. The predicted octanol–water partition coefficient (Wildman–Crippen LogP) is 4.10. The molecular formula is C8H5BrCl2O. The Bertz CT molecular complexity index is 299. The molecule has 1 aromatic rings. The molecule has 0 saturated carbocycles. The second-order valence-corrected chi connectivity index (χ2v) is 3.48. The van der Waals surface area contributed by atoms with Crippen LogP contribution in [0.5, 0.6) is 5.75 Å². The number of benzene rings is 1. The maximum atomic E-state index is 5.54. The molecule has 0 unspecified atom stereocenters. The molecular weight excluding hydrogens is 263 g/mol. The molecule has 0 bridgehead atoms. The lowest BCUT2D eigenvalue weighted by atomic mass is 10.3. The van der Waals surface area contributed by atoms with Crippen LogP contribution < -0.4 is 4.74 Å². The number of halogens is 3. The summed E-state index contributed by atoms with van der Waals surface area (Å²) in [4.78, 5) is 0. The van der Waals surface area contributed by atoms with Crippen molar-refractivity contribution in [3.8, 4) is 5.75 Å². The highest BCUT2D eigenvalue weighted by molar-refractivity contribution is 9.10. The maximum Gasteiger partial charge on any atom is 0.205 e. The summed E-state index contributed by atoms with van der Waals surface area (Å²) in [6.45, 7) is 0. The SMILES string of the molecule is Cl/C=C(/Cl)Oc1cccc(Br)c1. The van der Waals surface area contributed by atoms with Gasteiger partial charge in [0.25, 0.3) is 0 Å². The minimum Gasteiger partial charge on any atom is -0.444 e. The van der Waals surface area contributed by atoms with E-state index < -0.39 is 0 Å². The van der Waals surface area contributed by atoms with Crippen molar-refractivity contribution in [2.24, 2.45) is 0 Å². The molecule has 0 heterocycles. The molecule has 12 heavy (non-hydrogen) atoms. The van der Waals surface area contributed by atoms with Gasteiger partial charge in [-0.2, -0.15) is 0 Å². The summed E-state index contributed by atoms with van der Waals surface area (Å²) in [6, 6.07) is 7.32. The molecule has 0 radical (unpaired) electrons. The van der Waals surface area contributed by atoms with E-state index in [4.69, 9.17) is 27.9 Å². The van der Waals surface area contributed by atoms with Crippen LogP contribution in [-0.2, 0) is 0 Å². The lowest BCUT2D eigenvalue weighted by Gasteiger charge is -2.02. The normalized spacial score (nSPS) is 11.4. The molecule has 0 aliphatic rings. The van der Waals surface area contributed by atoms with Gasteiger partial charge < -0.3 is 4.74 Å². The molecule has 0 aliphatic carbocycles. The summed E-state index contributed by atoms with van der Waals surface area (Å²) in [7, 11) is 0. The van der Waals surface area contributed by atoms with Crippen LogP contribution in [0.4, 0.5) is 0 Å². The molecule has 0 spiro atoms. The fraction of sp³-hybridized carbons (Fsp3) is 0. The standard InChI is InChI=1S/C8H5BrCl2O/c9-6-2-1-3-7(4-6)12-8(11)5-10/h1-5H/b8-5-. The van der Waals surface area contributed by atoms with Gasteiger partial charge in [0.2, 0.25) is 5.22 Å². The van der Waals surface area contributed by atoms with Gasteiger partial charge in [0.05, 0.1) is 5.54 Å². The van der Waals surface area contributed by atoms with Gasteiger partial charge in [-0.1, -0.05) is 33.6 Å².